The molecule has 0 bridgehead atoms. The van der Waals surface area contributed by atoms with Crippen LogP contribution in [0.3, 0.4) is 0 Å². The average molecular weight is 407 g/mol. The Bertz CT molecular complexity index is 993. The van der Waals surface area contributed by atoms with Crippen molar-refractivity contribution < 1.29 is 18.3 Å². The third kappa shape index (κ3) is 4.25. The van der Waals surface area contributed by atoms with Crippen LogP contribution in [-0.4, -0.2) is 73.8 Å². The van der Waals surface area contributed by atoms with Crippen molar-refractivity contribution >= 4 is 32.6 Å². The Morgan fingerprint density at radius 1 is 1.36 bits per heavy atom. The molecule has 1 fully saturated rings. The van der Waals surface area contributed by atoms with Crippen LogP contribution in [0.2, 0.25) is 0 Å². The molecule has 0 spiro atoms. The van der Waals surface area contributed by atoms with Gasteiger partial charge in [-0.25, -0.2) is 18.4 Å². The highest BCUT2D eigenvalue weighted by atomic mass is 32.2. The van der Waals surface area contributed by atoms with Crippen LogP contribution in [0.5, 0.6) is 0 Å². The fourth-order valence-corrected chi connectivity index (χ4v) is 4.20. The van der Waals surface area contributed by atoms with Gasteiger partial charge >= 0.3 is 0 Å². The van der Waals surface area contributed by atoms with Gasteiger partial charge in [0.25, 0.3) is 0 Å². The van der Waals surface area contributed by atoms with Gasteiger partial charge in [0.2, 0.25) is 11.9 Å². The summed E-state index contributed by atoms with van der Waals surface area (Å²) in [5.41, 5.74) is 1.35. The van der Waals surface area contributed by atoms with Gasteiger partial charge in [-0.3, -0.25) is 4.79 Å². The molecule has 8 nitrogen and oxygen atoms in total. The molecule has 1 aromatic carbocycles. The third-order valence-corrected chi connectivity index (χ3v) is 6.25. The van der Waals surface area contributed by atoms with E-state index in [0.29, 0.717) is 24.6 Å². The van der Waals surface area contributed by atoms with Crippen molar-refractivity contribution in [2.45, 2.75) is 24.7 Å². The minimum Gasteiger partial charge on any atom is -0.395 e. The largest absolute Gasteiger partial charge is 0.395 e. The highest BCUT2D eigenvalue weighted by Crippen LogP contribution is 2.26. The second kappa shape index (κ2) is 8.00. The molecule has 0 aliphatic carbocycles. The third-order valence-electron chi connectivity index (χ3n) is 5.14. The molecular weight excluding hydrogens is 380 g/mol. The molecule has 1 aliphatic rings. The first-order chi connectivity index (χ1) is 13.2. The number of sulfone groups is 1. The Hall–Kier alpha value is -2.26. The van der Waals surface area contributed by atoms with Gasteiger partial charge < -0.3 is 14.9 Å². The number of aromatic nitrogens is 2. The number of amides is 1. The number of piperidine rings is 1. The van der Waals surface area contributed by atoms with Crippen LogP contribution >= 0.6 is 0 Å². The van der Waals surface area contributed by atoms with Gasteiger partial charge in [0, 0.05) is 38.3 Å². The molecule has 0 saturated carbocycles. The number of hydrogen-bond acceptors (Lipinski definition) is 7. The van der Waals surface area contributed by atoms with Gasteiger partial charge in [0.05, 0.1) is 28.6 Å². The van der Waals surface area contributed by atoms with E-state index in [1.807, 2.05) is 11.8 Å². The van der Waals surface area contributed by atoms with Crippen LogP contribution < -0.4 is 4.90 Å². The first kappa shape index (κ1) is 20.5. The molecule has 1 amide bonds. The summed E-state index contributed by atoms with van der Waals surface area (Å²) in [6.45, 7) is 3.37. The molecule has 0 unspecified atom stereocenters. The highest BCUT2D eigenvalue weighted by molar-refractivity contribution is 7.90. The zero-order valence-corrected chi connectivity index (χ0v) is 17.2. The molecule has 1 saturated heterocycles. The molecule has 2 heterocycles. The lowest BCUT2D eigenvalue weighted by atomic mass is 9.97. The number of nitrogens with zero attached hydrogens (tertiary/aromatic N) is 4. The minimum absolute atomic E-state index is 0.00984. The molecule has 1 atom stereocenters. The Balaban J connectivity index is 1.91. The first-order valence-corrected chi connectivity index (χ1v) is 11.2. The summed E-state index contributed by atoms with van der Waals surface area (Å²) in [6.07, 6.45) is 2.80. The van der Waals surface area contributed by atoms with Crippen molar-refractivity contribution in [1.82, 2.24) is 14.9 Å². The van der Waals surface area contributed by atoms with Crippen molar-refractivity contribution in [2.75, 3.05) is 44.4 Å². The van der Waals surface area contributed by atoms with E-state index in [2.05, 4.69) is 9.97 Å². The monoisotopic (exact) mass is 406 g/mol. The fraction of sp³-hybridized carbons (Fsp3) is 0.526. The van der Waals surface area contributed by atoms with Crippen molar-refractivity contribution in [3.8, 4) is 0 Å². The lowest BCUT2D eigenvalue weighted by molar-refractivity contribution is -0.134. The Morgan fingerprint density at radius 2 is 2.11 bits per heavy atom. The van der Waals surface area contributed by atoms with Gasteiger partial charge in [0.15, 0.2) is 9.84 Å². The van der Waals surface area contributed by atoms with Crippen LogP contribution in [-0.2, 0) is 14.6 Å². The molecular formula is C19H26N4O4S. The van der Waals surface area contributed by atoms with Gasteiger partial charge in [-0.1, -0.05) is 0 Å². The number of likely N-dealkylation sites (N-methyl/N-ethyl adjacent to an activating group) is 1. The molecule has 9 heteroatoms. The van der Waals surface area contributed by atoms with Crippen LogP contribution in [0.1, 0.15) is 18.5 Å². The Kier molecular flexibility index (Phi) is 5.85. The van der Waals surface area contributed by atoms with Gasteiger partial charge in [-0.15, -0.1) is 0 Å². The van der Waals surface area contributed by atoms with E-state index in [9.17, 15) is 13.2 Å². The highest BCUT2D eigenvalue weighted by Gasteiger charge is 2.29. The van der Waals surface area contributed by atoms with Gasteiger partial charge in [-0.2, -0.15) is 0 Å². The molecule has 0 radical (unpaired) electrons. The summed E-state index contributed by atoms with van der Waals surface area (Å²) >= 11 is 0. The van der Waals surface area contributed by atoms with Crippen molar-refractivity contribution in [1.29, 1.82) is 0 Å². The maximum atomic E-state index is 12.6. The maximum absolute atomic E-state index is 12.6. The number of fused-ring (bicyclic) bond motifs is 1. The van der Waals surface area contributed by atoms with E-state index in [-0.39, 0.29) is 23.3 Å². The van der Waals surface area contributed by atoms with E-state index in [1.54, 1.807) is 30.1 Å². The van der Waals surface area contributed by atoms with E-state index in [1.165, 1.54) is 6.26 Å². The lowest BCUT2D eigenvalue weighted by Crippen LogP contribution is -2.45. The van der Waals surface area contributed by atoms with E-state index in [0.717, 1.165) is 30.5 Å². The van der Waals surface area contributed by atoms with E-state index < -0.39 is 9.84 Å². The molecule has 1 N–H and O–H groups in total. The number of anilines is 1. The molecule has 3 rings (SSSR count). The van der Waals surface area contributed by atoms with Crippen molar-refractivity contribution in [3.63, 3.8) is 0 Å². The lowest BCUT2D eigenvalue weighted by Gasteiger charge is -2.34. The summed E-state index contributed by atoms with van der Waals surface area (Å²) in [6, 6.07) is 4.88. The predicted molar refractivity (Wildman–Crippen MR) is 107 cm³/mol. The van der Waals surface area contributed by atoms with E-state index >= 15 is 0 Å². The standard InChI is InChI=1S/C19H26N4O4S/c1-13-16-7-6-15(28(3,26)27)11-17(16)21-19(20-13)23-8-4-5-14(12-23)18(25)22(2)9-10-24/h6-7,11,14,24H,4-5,8-10,12H2,1-3H3/t14-/m1/s1. The van der Waals surface area contributed by atoms with Crippen LogP contribution in [0.4, 0.5) is 5.95 Å². The number of aryl methyl sites for hydroxylation is 1. The van der Waals surface area contributed by atoms with Crippen molar-refractivity contribution in [2.24, 2.45) is 5.92 Å². The topological polar surface area (TPSA) is 104 Å². The number of benzene rings is 1. The number of aliphatic hydroxyl groups is 1. The SMILES string of the molecule is Cc1nc(N2CCC[C@@H](C(=O)N(C)CCO)C2)nc2cc(S(C)(=O)=O)ccc12. The summed E-state index contributed by atoms with van der Waals surface area (Å²) in [7, 11) is -1.63. The molecule has 1 aliphatic heterocycles. The van der Waals surface area contributed by atoms with Gasteiger partial charge in [0.1, 0.15) is 0 Å². The quantitative estimate of drug-likeness (QED) is 0.790. The molecule has 1 aromatic heterocycles. The second-order valence-electron chi connectivity index (χ2n) is 7.33. The van der Waals surface area contributed by atoms with Crippen LogP contribution in [0, 0.1) is 12.8 Å². The first-order valence-electron chi connectivity index (χ1n) is 9.30. The zero-order valence-electron chi connectivity index (χ0n) is 16.4. The predicted octanol–water partition coefficient (Wildman–Crippen LogP) is 1.01. The molecule has 152 valence electrons. The summed E-state index contributed by atoms with van der Waals surface area (Å²) < 4.78 is 23.7. The zero-order chi connectivity index (χ0) is 20.5. The second-order valence-corrected chi connectivity index (χ2v) is 9.34. The van der Waals surface area contributed by atoms with Crippen molar-refractivity contribution in [3.05, 3.63) is 23.9 Å². The number of hydrogen-bond donors (Lipinski definition) is 1. The number of rotatable bonds is 5. The molecule has 28 heavy (non-hydrogen) atoms. The Labute approximate surface area is 165 Å². The smallest absolute Gasteiger partial charge is 0.227 e. The summed E-state index contributed by atoms with van der Waals surface area (Å²) in [5.74, 6) is 0.348. The Morgan fingerprint density at radius 3 is 2.79 bits per heavy atom. The number of carbonyl (C=O) groups is 1. The fourth-order valence-electron chi connectivity index (χ4n) is 3.56. The van der Waals surface area contributed by atoms with Crippen LogP contribution in [0.15, 0.2) is 23.1 Å². The summed E-state index contributed by atoms with van der Waals surface area (Å²) in [4.78, 5) is 25.5. The average Bonchev–Trinajstić information content (AvgIpc) is 2.66. The summed E-state index contributed by atoms with van der Waals surface area (Å²) in [5, 5.41) is 9.87. The number of carbonyl (C=O) groups excluding carboxylic acids is 1. The maximum Gasteiger partial charge on any atom is 0.227 e. The van der Waals surface area contributed by atoms with E-state index in [4.69, 9.17) is 5.11 Å². The normalized spacial score (nSPS) is 17.7. The molecule has 2 aromatic rings. The number of aliphatic hydroxyl groups excluding tert-OH is 1. The van der Waals surface area contributed by atoms with Gasteiger partial charge in [-0.05, 0) is 38.0 Å². The minimum atomic E-state index is -3.32. The van der Waals surface area contributed by atoms with Crippen LogP contribution in [0.25, 0.3) is 10.9 Å².